The van der Waals surface area contributed by atoms with E-state index in [0.29, 0.717) is 39.7 Å². The molecule has 0 spiro atoms. The molecule has 53 heavy (non-hydrogen) atoms. The van der Waals surface area contributed by atoms with Crippen LogP contribution in [-0.4, -0.2) is 59.2 Å². The fourth-order valence-electron chi connectivity index (χ4n) is 5.34. The van der Waals surface area contributed by atoms with Crippen LogP contribution in [0.25, 0.3) is 6.08 Å². The number of ether oxygens (including phenoxy) is 2. The Labute approximate surface area is 317 Å². The summed E-state index contributed by atoms with van der Waals surface area (Å²) in [7, 11) is 0. The number of nitrogens with one attached hydrogen (secondary N) is 3. The van der Waals surface area contributed by atoms with Crippen LogP contribution in [-0.2, 0) is 32.0 Å². The van der Waals surface area contributed by atoms with Gasteiger partial charge in [-0.25, -0.2) is 9.59 Å². The van der Waals surface area contributed by atoms with E-state index in [0.717, 1.165) is 21.6 Å². The van der Waals surface area contributed by atoms with E-state index in [9.17, 15) is 24.0 Å². The Kier molecular flexibility index (Phi) is 12.8. The van der Waals surface area contributed by atoms with Crippen molar-refractivity contribution in [3.8, 4) is 0 Å². The molecular formula is C40H42N4O7S2. The first kappa shape index (κ1) is 38.8. The average molecular weight is 755 g/mol. The molecule has 0 radical (unpaired) electrons. The van der Waals surface area contributed by atoms with Gasteiger partial charge < -0.3 is 30.3 Å². The van der Waals surface area contributed by atoms with Crippen molar-refractivity contribution in [3.05, 3.63) is 117 Å². The minimum absolute atomic E-state index is 0.0119. The van der Waals surface area contributed by atoms with Crippen LogP contribution >= 0.6 is 23.1 Å². The molecule has 0 unspecified atom stereocenters. The van der Waals surface area contributed by atoms with Crippen molar-refractivity contribution in [1.82, 2.24) is 10.2 Å². The Balaban J connectivity index is 1.26. The van der Waals surface area contributed by atoms with Crippen LogP contribution in [0, 0.1) is 6.92 Å². The monoisotopic (exact) mass is 754 g/mol. The summed E-state index contributed by atoms with van der Waals surface area (Å²) < 4.78 is 10.9. The van der Waals surface area contributed by atoms with Gasteiger partial charge in [0.25, 0.3) is 11.8 Å². The maximum absolute atomic E-state index is 13.5. The SMILES string of the molecule is CCOC(=O)c1c(NC(=O)CSc2cccc(NC(=O)/C(=C\c3ccc(C)cc3)NC(=O)c3ccccc3)c2)sc2c1CCN(C(=O)OC(C)(C)C)C2. The average Bonchev–Trinajstić information content (AvgIpc) is 3.48. The van der Waals surface area contributed by atoms with Crippen LogP contribution < -0.4 is 16.0 Å². The van der Waals surface area contributed by atoms with E-state index in [1.807, 2.05) is 37.3 Å². The molecule has 5 rings (SSSR count). The van der Waals surface area contributed by atoms with Crippen LogP contribution in [0.1, 0.15) is 70.0 Å². The second-order valence-corrected chi connectivity index (χ2v) is 15.3. The zero-order valence-electron chi connectivity index (χ0n) is 30.2. The Morgan fingerprint density at radius 2 is 1.68 bits per heavy atom. The molecule has 276 valence electrons. The van der Waals surface area contributed by atoms with Gasteiger partial charge in [-0.15, -0.1) is 23.1 Å². The molecular weight excluding hydrogens is 713 g/mol. The molecule has 0 saturated heterocycles. The minimum atomic E-state index is -0.646. The van der Waals surface area contributed by atoms with E-state index >= 15 is 0 Å². The first-order chi connectivity index (χ1) is 25.3. The molecule has 1 aliphatic rings. The van der Waals surface area contributed by atoms with Gasteiger partial charge >= 0.3 is 12.1 Å². The van der Waals surface area contributed by atoms with Crippen molar-refractivity contribution in [2.75, 3.05) is 29.5 Å². The standard InChI is InChI=1S/C40H42N4O7S2/c1-6-50-38(48)34-30-19-20-44(39(49)51-40(3,4)5)23-32(30)53-37(34)43-33(45)24-52-29-14-10-13-28(22-29)41-36(47)31(21-26-17-15-25(2)16-18-26)42-35(46)27-11-8-7-9-12-27/h7-18,21-22H,6,19-20,23-24H2,1-5H3,(H,41,47)(H,42,46)(H,43,45)/b31-21+. The van der Waals surface area contributed by atoms with E-state index < -0.39 is 29.5 Å². The second kappa shape index (κ2) is 17.4. The maximum Gasteiger partial charge on any atom is 0.410 e. The molecule has 0 fully saturated rings. The van der Waals surface area contributed by atoms with Crippen LogP contribution in [0.15, 0.2) is 89.5 Å². The predicted octanol–water partition coefficient (Wildman–Crippen LogP) is 7.67. The largest absolute Gasteiger partial charge is 0.462 e. The van der Waals surface area contributed by atoms with Gasteiger partial charge in [-0.05, 0) is 88.6 Å². The number of amides is 4. The van der Waals surface area contributed by atoms with Crippen molar-refractivity contribution in [1.29, 1.82) is 0 Å². The molecule has 11 nitrogen and oxygen atoms in total. The van der Waals surface area contributed by atoms with Crippen LogP contribution in [0.5, 0.6) is 0 Å². The zero-order chi connectivity index (χ0) is 38.1. The smallest absolute Gasteiger partial charge is 0.410 e. The number of carbonyl (C=O) groups excluding carboxylic acids is 5. The Morgan fingerprint density at radius 1 is 0.943 bits per heavy atom. The number of hydrogen-bond donors (Lipinski definition) is 3. The quantitative estimate of drug-likeness (QED) is 0.0805. The number of aryl methyl sites for hydroxylation is 1. The number of thiophene rings is 1. The van der Waals surface area contributed by atoms with Crippen LogP contribution in [0.3, 0.4) is 0 Å². The Hall–Kier alpha value is -5.40. The molecule has 1 aliphatic heterocycles. The number of nitrogens with zero attached hydrogens (tertiary/aromatic N) is 1. The number of hydrogen-bond acceptors (Lipinski definition) is 9. The van der Waals surface area contributed by atoms with Crippen LogP contribution in [0.4, 0.5) is 15.5 Å². The molecule has 0 saturated carbocycles. The second-order valence-electron chi connectivity index (χ2n) is 13.2. The van der Waals surface area contributed by atoms with Crippen molar-refractivity contribution < 1.29 is 33.4 Å². The lowest BCUT2D eigenvalue weighted by Gasteiger charge is -2.30. The van der Waals surface area contributed by atoms with Gasteiger partial charge in [0.1, 0.15) is 16.3 Å². The summed E-state index contributed by atoms with van der Waals surface area (Å²) in [5, 5.41) is 8.86. The summed E-state index contributed by atoms with van der Waals surface area (Å²) in [5.74, 6) is -1.80. The molecule has 4 amide bonds. The molecule has 2 heterocycles. The highest BCUT2D eigenvalue weighted by Gasteiger charge is 2.32. The zero-order valence-corrected chi connectivity index (χ0v) is 31.9. The highest BCUT2D eigenvalue weighted by atomic mass is 32.2. The van der Waals surface area contributed by atoms with Crippen molar-refractivity contribution >= 4 is 69.6 Å². The van der Waals surface area contributed by atoms with E-state index in [1.54, 1.807) is 87.2 Å². The molecule has 0 bridgehead atoms. The predicted molar refractivity (Wildman–Crippen MR) is 208 cm³/mol. The van der Waals surface area contributed by atoms with Gasteiger partial charge in [0.15, 0.2) is 0 Å². The summed E-state index contributed by atoms with van der Waals surface area (Å²) in [5.41, 5.74) is 3.16. The number of benzene rings is 3. The lowest BCUT2D eigenvalue weighted by atomic mass is 10.0. The number of esters is 1. The fraction of sp³-hybridized carbons (Fsp3) is 0.275. The topological polar surface area (TPSA) is 143 Å². The molecule has 3 aromatic carbocycles. The number of fused-ring (bicyclic) bond motifs is 1. The highest BCUT2D eigenvalue weighted by molar-refractivity contribution is 8.00. The first-order valence-corrected chi connectivity index (χ1v) is 18.9. The van der Waals surface area contributed by atoms with Crippen molar-refractivity contribution in [3.63, 3.8) is 0 Å². The minimum Gasteiger partial charge on any atom is -0.462 e. The van der Waals surface area contributed by atoms with E-state index in [2.05, 4.69) is 16.0 Å². The summed E-state index contributed by atoms with van der Waals surface area (Å²) in [6, 6.07) is 23.2. The van der Waals surface area contributed by atoms with Gasteiger partial charge in [-0.1, -0.05) is 54.1 Å². The molecule has 13 heteroatoms. The van der Waals surface area contributed by atoms with Gasteiger partial charge in [0.05, 0.1) is 24.5 Å². The molecule has 0 atom stereocenters. The summed E-state index contributed by atoms with van der Waals surface area (Å²) in [4.78, 5) is 68.7. The Bertz CT molecular complexity index is 2020. The van der Waals surface area contributed by atoms with E-state index in [-0.39, 0.29) is 30.5 Å². The maximum atomic E-state index is 13.5. The molecule has 3 N–H and O–H groups in total. The first-order valence-electron chi connectivity index (χ1n) is 17.1. The lowest BCUT2D eigenvalue weighted by Crippen LogP contribution is -2.39. The molecule has 1 aromatic heterocycles. The lowest BCUT2D eigenvalue weighted by molar-refractivity contribution is -0.114. The van der Waals surface area contributed by atoms with Gasteiger partial charge in [0, 0.05) is 27.6 Å². The number of carbonyl (C=O) groups is 5. The van der Waals surface area contributed by atoms with Gasteiger partial charge in [0.2, 0.25) is 5.91 Å². The summed E-state index contributed by atoms with van der Waals surface area (Å²) >= 11 is 2.50. The molecule has 0 aliphatic carbocycles. The van der Waals surface area contributed by atoms with E-state index in [1.165, 1.54) is 23.1 Å². The summed E-state index contributed by atoms with van der Waals surface area (Å²) in [6.07, 6.45) is 1.59. The third kappa shape index (κ3) is 10.8. The third-order valence-corrected chi connectivity index (χ3v) is 9.95. The Morgan fingerprint density at radius 3 is 2.38 bits per heavy atom. The highest BCUT2D eigenvalue weighted by Crippen LogP contribution is 2.38. The third-order valence-electron chi connectivity index (χ3n) is 7.82. The summed E-state index contributed by atoms with van der Waals surface area (Å²) in [6.45, 7) is 9.88. The number of rotatable bonds is 11. The number of thioether (sulfide) groups is 1. The van der Waals surface area contributed by atoms with Crippen molar-refractivity contribution in [2.24, 2.45) is 0 Å². The van der Waals surface area contributed by atoms with Gasteiger partial charge in [-0.2, -0.15) is 0 Å². The number of anilines is 2. The normalized spacial score (nSPS) is 12.7. The molecule has 4 aromatic rings. The fourth-order valence-corrected chi connectivity index (χ4v) is 7.36. The van der Waals surface area contributed by atoms with Gasteiger partial charge in [-0.3, -0.25) is 14.4 Å². The van der Waals surface area contributed by atoms with E-state index in [4.69, 9.17) is 9.47 Å². The van der Waals surface area contributed by atoms with Crippen LogP contribution in [0.2, 0.25) is 0 Å². The van der Waals surface area contributed by atoms with Crippen molar-refractivity contribution in [2.45, 2.75) is 58.1 Å².